The van der Waals surface area contributed by atoms with Crippen molar-refractivity contribution in [1.82, 2.24) is 0 Å². The van der Waals surface area contributed by atoms with Crippen LogP contribution in [0.2, 0.25) is 0 Å². The molecular weight excluding hydrogens is 557 g/mol. The summed E-state index contributed by atoms with van der Waals surface area (Å²) in [4.78, 5) is 11.4. The number of carbonyl (C=O) groups excluding carboxylic acids is 1. The van der Waals surface area contributed by atoms with Gasteiger partial charge in [-0.25, -0.2) is 8.78 Å². The number of halogens is 5. The third kappa shape index (κ3) is 9.00. The molecule has 0 saturated carbocycles. The molecule has 1 amide bonds. The molecule has 33 heavy (non-hydrogen) atoms. The minimum absolute atomic E-state index is 0.0383. The first-order chi connectivity index (χ1) is 15.6. The zero-order chi connectivity index (χ0) is 24.4. The molecule has 5 nitrogen and oxygen atoms in total. The number of unbranched alkanes of at least 4 members (excludes halogenated alkanes) is 2. The molecule has 0 heterocycles. The first-order valence-corrected chi connectivity index (χ1v) is 11.5. The minimum Gasteiger partial charge on any atom is -0.494 e. The number of hydrogen-bond acceptors (Lipinski definition) is 4. The second-order valence-corrected chi connectivity index (χ2v) is 8.64. The topological polar surface area (TPSA) is 70.8 Å². The highest BCUT2D eigenvalue weighted by molar-refractivity contribution is 14.1. The van der Waals surface area contributed by atoms with Crippen LogP contribution in [-0.4, -0.2) is 30.3 Å². The van der Waals surface area contributed by atoms with Gasteiger partial charge in [-0.3, -0.25) is 4.79 Å². The molecule has 0 spiro atoms. The van der Waals surface area contributed by atoms with Gasteiger partial charge in [-0.05, 0) is 61.1 Å². The van der Waals surface area contributed by atoms with Crippen molar-refractivity contribution in [2.24, 2.45) is 5.73 Å². The summed E-state index contributed by atoms with van der Waals surface area (Å²) < 4.78 is 66.1. The Morgan fingerprint density at radius 2 is 1.67 bits per heavy atom. The number of ether oxygens (including phenoxy) is 3. The van der Waals surface area contributed by atoms with E-state index >= 15 is 0 Å². The molecule has 0 saturated heterocycles. The first kappa shape index (κ1) is 27.2. The fraction of sp³-hybridized carbons (Fsp3) is 0.435. The summed E-state index contributed by atoms with van der Waals surface area (Å²) in [6, 6.07) is 8.31. The Bertz CT molecular complexity index is 907. The number of methoxy groups -OCH3 is 1. The van der Waals surface area contributed by atoms with Crippen molar-refractivity contribution >= 4 is 28.5 Å². The zero-order valence-corrected chi connectivity index (χ0v) is 20.2. The SMILES string of the molecule is COCCC(CCCCCOc1ccc(OC(F)(F)I)cc1)c1ccc(F)c(C(N)=O)c1F. The highest BCUT2D eigenvalue weighted by atomic mass is 127. The van der Waals surface area contributed by atoms with Gasteiger partial charge in [0.1, 0.15) is 28.7 Å². The van der Waals surface area contributed by atoms with E-state index in [4.69, 9.17) is 15.2 Å². The van der Waals surface area contributed by atoms with Gasteiger partial charge in [0.25, 0.3) is 5.91 Å². The number of alkyl halides is 3. The van der Waals surface area contributed by atoms with E-state index in [2.05, 4.69) is 4.74 Å². The van der Waals surface area contributed by atoms with Crippen LogP contribution in [0.5, 0.6) is 11.5 Å². The van der Waals surface area contributed by atoms with E-state index in [0.29, 0.717) is 31.8 Å². The molecule has 2 aromatic rings. The van der Waals surface area contributed by atoms with E-state index < -0.39 is 27.2 Å². The number of benzene rings is 2. The van der Waals surface area contributed by atoms with Gasteiger partial charge in [0.05, 0.1) is 29.2 Å². The van der Waals surface area contributed by atoms with Gasteiger partial charge in [0.15, 0.2) is 0 Å². The number of carbonyl (C=O) groups is 1. The van der Waals surface area contributed by atoms with Crippen LogP contribution in [0.15, 0.2) is 36.4 Å². The Morgan fingerprint density at radius 1 is 1.00 bits per heavy atom. The Labute approximate surface area is 203 Å². The first-order valence-electron chi connectivity index (χ1n) is 10.4. The van der Waals surface area contributed by atoms with Gasteiger partial charge in [0, 0.05) is 13.7 Å². The van der Waals surface area contributed by atoms with Crippen LogP contribution in [0.25, 0.3) is 0 Å². The number of hydrogen-bond donors (Lipinski definition) is 1. The second-order valence-electron chi connectivity index (χ2n) is 7.39. The molecule has 1 unspecified atom stereocenters. The van der Waals surface area contributed by atoms with Crippen molar-refractivity contribution in [1.29, 1.82) is 0 Å². The molecule has 1 atom stereocenters. The van der Waals surface area contributed by atoms with Crippen molar-refractivity contribution in [2.45, 2.75) is 42.1 Å². The molecule has 0 radical (unpaired) electrons. The molecule has 0 aliphatic rings. The van der Waals surface area contributed by atoms with Gasteiger partial charge in [-0.2, -0.15) is 8.78 Å². The van der Waals surface area contributed by atoms with Crippen LogP contribution in [-0.2, 0) is 4.74 Å². The lowest BCUT2D eigenvalue weighted by molar-refractivity contribution is -0.0691. The van der Waals surface area contributed by atoms with Gasteiger partial charge in [0.2, 0.25) is 0 Å². The third-order valence-electron chi connectivity index (χ3n) is 5.00. The van der Waals surface area contributed by atoms with E-state index in [1.165, 1.54) is 25.3 Å². The molecule has 0 aliphatic carbocycles. The summed E-state index contributed by atoms with van der Waals surface area (Å²) in [7, 11) is 1.54. The van der Waals surface area contributed by atoms with Crippen molar-refractivity contribution in [3.05, 3.63) is 59.2 Å². The maximum atomic E-state index is 14.7. The highest BCUT2D eigenvalue weighted by Gasteiger charge is 2.26. The lowest BCUT2D eigenvalue weighted by atomic mass is 9.88. The average molecular weight is 583 g/mol. The van der Waals surface area contributed by atoms with E-state index in [1.807, 2.05) is 0 Å². The Balaban J connectivity index is 1.84. The average Bonchev–Trinajstić information content (AvgIpc) is 2.73. The van der Waals surface area contributed by atoms with Crippen molar-refractivity contribution < 1.29 is 36.6 Å². The van der Waals surface area contributed by atoms with Crippen LogP contribution in [0.1, 0.15) is 53.9 Å². The van der Waals surface area contributed by atoms with Crippen LogP contribution in [0, 0.1) is 11.6 Å². The predicted molar refractivity (Wildman–Crippen MR) is 124 cm³/mol. The summed E-state index contributed by atoms with van der Waals surface area (Å²) in [5.74, 6) is -2.72. The van der Waals surface area contributed by atoms with Gasteiger partial charge >= 0.3 is 4.12 Å². The van der Waals surface area contributed by atoms with Crippen LogP contribution in [0.4, 0.5) is 17.6 Å². The Morgan fingerprint density at radius 3 is 2.27 bits per heavy atom. The standard InChI is InChI=1S/C23H26F4INO4/c1-31-14-12-15(18-10-11-19(24)20(21(18)25)22(29)30)5-3-2-4-13-32-16-6-8-17(9-7-16)33-23(26,27)28/h6-11,15H,2-5,12-14H2,1H3,(H2,29,30). The van der Waals surface area contributed by atoms with Crippen molar-refractivity contribution in [3.63, 3.8) is 0 Å². The van der Waals surface area contributed by atoms with Gasteiger partial charge in [-0.15, -0.1) is 0 Å². The largest absolute Gasteiger partial charge is 0.494 e. The summed E-state index contributed by atoms with van der Waals surface area (Å²) in [6.07, 6.45) is 3.38. The van der Waals surface area contributed by atoms with E-state index in [1.54, 1.807) is 12.1 Å². The second kappa shape index (κ2) is 13.0. The molecular formula is C23H26F4INO4. The third-order valence-corrected chi connectivity index (χ3v) is 5.22. The minimum atomic E-state index is -3.28. The maximum Gasteiger partial charge on any atom is 0.451 e. The molecule has 2 aromatic carbocycles. The molecule has 0 bridgehead atoms. The zero-order valence-electron chi connectivity index (χ0n) is 18.1. The van der Waals surface area contributed by atoms with Crippen LogP contribution >= 0.6 is 22.6 Å². The predicted octanol–water partition coefficient (Wildman–Crippen LogP) is 6.19. The van der Waals surface area contributed by atoms with E-state index in [0.717, 1.165) is 47.9 Å². The van der Waals surface area contributed by atoms with Crippen molar-refractivity contribution in [2.75, 3.05) is 20.3 Å². The highest BCUT2D eigenvalue weighted by Crippen LogP contribution is 2.31. The number of amides is 1. The Kier molecular flexibility index (Phi) is 10.7. The van der Waals surface area contributed by atoms with E-state index in [-0.39, 0.29) is 17.2 Å². The smallest absolute Gasteiger partial charge is 0.451 e. The molecule has 2 rings (SSSR count). The van der Waals surface area contributed by atoms with Gasteiger partial charge in [-0.1, -0.05) is 18.9 Å². The number of rotatable bonds is 14. The summed E-state index contributed by atoms with van der Waals surface area (Å²) in [6.45, 7) is 0.807. The molecule has 182 valence electrons. The molecule has 0 aliphatic heterocycles. The normalized spacial score (nSPS) is 12.4. The van der Waals surface area contributed by atoms with Crippen molar-refractivity contribution in [3.8, 4) is 11.5 Å². The summed E-state index contributed by atoms with van der Waals surface area (Å²) in [5, 5.41) is 0. The molecule has 10 heteroatoms. The van der Waals surface area contributed by atoms with E-state index in [9.17, 15) is 22.4 Å². The lowest BCUT2D eigenvalue weighted by Gasteiger charge is -2.19. The maximum absolute atomic E-state index is 14.7. The molecule has 0 aromatic heterocycles. The van der Waals surface area contributed by atoms with Crippen LogP contribution < -0.4 is 15.2 Å². The molecule has 0 fully saturated rings. The fourth-order valence-electron chi connectivity index (χ4n) is 3.42. The monoisotopic (exact) mass is 583 g/mol. The Hall–Kier alpha value is -2.08. The summed E-state index contributed by atoms with van der Waals surface area (Å²) in [5.41, 5.74) is 4.65. The fourth-order valence-corrected chi connectivity index (χ4v) is 3.68. The lowest BCUT2D eigenvalue weighted by Crippen LogP contribution is -2.18. The number of primary amides is 1. The number of nitrogens with two attached hydrogens (primary N) is 1. The van der Waals surface area contributed by atoms with Crippen LogP contribution in [0.3, 0.4) is 0 Å². The molecule has 2 N–H and O–H groups in total. The van der Waals surface area contributed by atoms with Gasteiger partial charge < -0.3 is 19.9 Å². The quantitative estimate of drug-likeness (QED) is 0.125. The summed E-state index contributed by atoms with van der Waals surface area (Å²) >= 11 is 0.895.